The van der Waals surface area contributed by atoms with Crippen molar-refractivity contribution >= 4 is 5.69 Å². The molecule has 2 aliphatic rings. The Labute approximate surface area is 138 Å². The molecule has 2 aliphatic heterocycles. The first kappa shape index (κ1) is 14.7. The van der Waals surface area contributed by atoms with Crippen molar-refractivity contribution in [1.82, 2.24) is 4.90 Å². The smallest absolute Gasteiger partial charge is 0.121 e. The van der Waals surface area contributed by atoms with E-state index in [0.717, 1.165) is 18.7 Å². The minimum Gasteiger partial charge on any atom is -0.382 e. The highest BCUT2D eigenvalue weighted by molar-refractivity contribution is 5.50. The molecule has 0 bridgehead atoms. The van der Waals surface area contributed by atoms with Crippen LogP contribution in [0.15, 0.2) is 60.7 Å². The number of hydrogen-bond acceptors (Lipinski definition) is 3. The highest BCUT2D eigenvalue weighted by atomic mass is 16.3. The number of aliphatic hydroxyl groups is 1. The van der Waals surface area contributed by atoms with E-state index in [1.54, 1.807) is 0 Å². The SMILES string of the molecule is C[C@](O)(c1ccccc1)[C@H]1N(c2ccccc2)C[C@@H]2CCCN21. The summed E-state index contributed by atoms with van der Waals surface area (Å²) >= 11 is 0. The summed E-state index contributed by atoms with van der Waals surface area (Å²) in [6.07, 6.45) is 2.44. The molecule has 3 nitrogen and oxygen atoms in total. The van der Waals surface area contributed by atoms with E-state index < -0.39 is 5.60 Å². The van der Waals surface area contributed by atoms with Gasteiger partial charge in [0.25, 0.3) is 0 Å². The average Bonchev–Trinajstić information content (AvgIpc) is 3.17. The van der Waals surface area contributed by atoms with Gasteiger partial charge < -0.3 is 10.0 Å². The molecule has 4 rings (SSSR count). The van der Waals surface area contributed by atoms with Crippen molar-refractivity contribution in [3.05, 3.63) is 66.2 Å². The maximum Gasteiger partial charge on any atom is 0.121 e. The molecule has 0 spiro atoms. The summed E-state index contributed by atoms with van der Waals surface area (Å²) in [5.74, 6) is 0. The fourth-order valence-electron chi connectivity index (χ4n) is 4.30. The van der Waals surface area contributed by atoms with Gasteiger partial charge in [-0.05, 0) is 37.5 Å². The van der Waals surface area contributed by atoms with Crippen LogP contribution in [0.1, 0.15) is 25.3 Å². The van der Waals surface area contributed by atoms with Gasteiger partial charge in [-0.3, -0.25) is 4.90 Å². The summed E-state index contributed by atoms with van der Waals surface area (Å²) < 4.78 is 0. The fourth-order valence-corrected chi connectivity index (χ4v) is 4.30. The number of nitrogens with zero attached hydrogens (tertiary/aromatic N) is 2. The molecule has 0 radical (unpaired) electrons. The summed E-state index contributed by atoms with van der Waals surface area (Å²) in [7, 11) is 0. The number of hydrogen-bond donors (Lipinski definition) is 1. The van der Waals surface area contributed by atoms with Gasteiger partial charge in [-0.1, -0.05) is 48.5 Å². The van der Waals surface area contributed by atoms with Gasteiger partial charge in [-0.2, -0.15) is 0 Å². The second-order valence-electron chi connectivity index (χ2n) is 6.91. The molecule has 0 unspecified atom stereocenters. The molecule has 0 aromatic heterocycles. The average molecular weight is 308 g/mol. The number of fused-ring (bicyclic) bond motifs is 1. The summed E-state index contributed by atoms with van der Waals surface area (Å²) in [5.41, 5.74) is 1.28. The van der Waals surface area contributed by atoms with Crippen LogP contribution >= 0.6 is 0 Å². The zero-order valence-corrected chi connectivity index (χ0v) is 13.6. The molecule has 23 heavy (non-hydrogen) atoms. The zero-order chi connectivity index (χ0) is 15.9. The maximum atomic E-state index is 11.5. The molecule has 1 N–H and O–H groups in total. The number of rotatable bonds is 3. The largest absolute Gasteiger partial charge is 0.382 e. The Hall–Kier alpha value is -1.84. The predicted octanol–water partition coefficient (Wildman–Crippen LogP) is 3.20. The van der Waals surface area contributed by atoms with Crippen LogP contribution in [-0.2, 0) is 5.60 Å². The highest BCUT2D eigenvalue weighted by Crippen LogP contribution is 2.41. The van der Waals surface area contributed by atoms with E-state index in [1.807, 2.05) is 43.3 Å². The minimum absolute atomic E-state index is 0.0141. The van der Waals surface area contributed by atoms with Gasteiger partial charge in [0.15, 0.2) is 0 Å². The van der Waals surface area contributed by atoms with Gasteiger partial charge in [-0.15, -0.1) is 0 Å². The van der Waals surface area contributed by atoms with Crippen LogP contribution in [0.25, 0.3) is 0 Å². The second-order valence-corrected chi connectivity index (χ2v) is 6.91. The molecule has 3 atom stereocenters. The van der Waals surface area contributed by atoms with Crippen molar-refractivity contribution < 1.29 is 5.11 Å². The van der Waals surface area contributed by atoms with Crippen LogP contribution in [0.4, 0.5) is 5.69 Å². The standard InChI is InChI=1S/C20H24N2O/c1-20(23,16-9-4-2-5-10-16)19-21-14-8-13-18(21)15-22(19)17-11-6-3-7-12-17/h2-7,9-12,18-19,23H,8,13-15H2,1H3/t18-,19+,20-/m0/s1. The highest BCUT2D eigenvalue weighted by Gasteiger charge is 2.50. The van der Waals surface area contributed by atoms with E-state index in [4.69, 9.17) is 0 Å². The Balaban J connectivity index is 1.75. The number of para-hydroxylation sites is 1. The topological polar surface area (TPSA) is 26.7 Å². The van der Waals surface area contributed by atoms with Crippen LogP contribution in [0.2, 0.25) is 0 Å². The third kappa shape index (κ3) is 2.44. The predicted molar refractivity (Wildman–Crippen MR) is 93.3 cm³/mol. The van der Waals surface area contributed by atoms with E-state index in [-0.39, 0.29) is 6.17 Å². The lowest BCUT2D eigenvalue weighted by molar-refractivity contribution is -0.0231. The van der Waals surface area contributed by atoms with Gasteiger partial charge in [0.2, 0.25) is 0 Å². The quantitative estimate of drug-likeness (QED) is 0.943. The Bertz CT molecular complexity index is 656. The molecule has 2 heterocycles. The summed E-state index contributed by atoms with van der Waals surface area (Å²) in [6.45, 7) is 4.03. The van der Waals surface area contributed by atoms with E-state index in [9.17, 15) is 5.11 Å². The van der Waals surface area contributed by atoms with Crippen LogP contribution in [0.5, 0.6) is 0 Å². The van der Waals surface area contributed by atoms with E-state index >= 15 is 0 Å². The Morgan fingerprint density at radius 3 is 2.35 bits per heavy atom. The molecule has 3 heteroatoms. The molecule has 2 saturated heterocycles. The molecule has 0 amide bonds. The summed E-state index contributed by atoms with van der Waals surface area (Å²) in [6, 6.07) is 21.1. The van der Waals surface area contributed by atoms with Crippen molar-refractivity contribution in [3.8, 4) is 0 Å². The molecule has 2 aromatic carbocycles. The molecule has 0 aliphatic carbocycles. The van der Waals surface area contributed by atoms with Crippen molar-refractivity contribution in [2.45, 2.75) is 37.6 Å². The lowest BCUT2D eigenvalue weighted by Crippen LogP contribution is -2.53. The van der Waals surface area contributed by atoms with Crippen molar-refractivity contribution in [2.75, 3.05) is 18.0 Å². The van der Waals surface area contributed by atoms with Gasteiger partial charge in [0, 0.05) is 24.8 Å². The van der Waals surface area contributed by atoms with Crippen molar-refractivity contribution in [2.24, 2.45) is 0 Å². The van der Waals surface area contributed by atoms with Crippen LogP contribution in [0.3, 0.4) is 0 Å². The monoisotopic (exact) mass is 308 g/mol. The Morgan fingerprint density at radius 1 is 1.00 bits per heavy atom. The molecular weight excluding hydrogens is 284 g/mol. The van der Waals surface area contributed by atoms with E-state index in [0.29, 0.717) is 6.04 Å². The van der Waals surface area contributed by atoms with Gasteiger partial charge >= 0.3 is 0 Å². The summed E-state index contributed by atoms with van der Waals surface area (Å²) in [5, 5.41) is 11.5. The van der Waals surface area contributed by atoms with Gasteiger partial charge in [-0.25, -0.2) is 0 Å². The van der Waals surface area contributed by atoms with Gasteiger partial charge in [0.05, 0.1) is 0 Å². The third-order valence-corrected chi connectivity index (χ3v) is 5.39. The minimum atomic E-state index is -0.907. The lowest BCUT2D eigenvalue weighted by atomic mass is 9.91. The van der Waals surface area contributed by atoms with Crippen molar-refractivity contribution in [3.63, 3.8) is 0 Å². The number of benzene rings is 2. The third-order valence-electron chi connectivity index (χ3n) is 5.39. The molecule has 0 saturated carbocycles. The van der Waals surface area contributed by atoms with E-state index in [1.165, 1.54) is 18.5 Å². The lowest BCUT2D eigenvalue weighted by Gasteiger charge is -2.41. The normalized spacial score (nSPS) is 27.0. The first-order valence-electron chi connectivity index (χ1n) is 8.53. The molecule has 2 aromatic rings. The molecule has 120 valence electrons. The second kappa shape index (κ2) is 5.66. The van der Waals surface area contributed by atoms with Crippen LogP contribution in [-0.4, -0.2) is 35.3 Å². The maximum absolute atomic E-state index is 11.5. The number of anilines is 1. The molecule has 2 fully saturated rings. The van der Waals surface area contributed by atoms with Gasteiger partial charge in [0.1, 0.15) is 11.8 Å². The van der Waals surface area contributed by atoms with Crippen LogP contribution in [0, 0.1) is 0 Å². The zero-order valence-electron chi connectivity index (χ0n) is 13.6. The summed E-state index contributed by atoms with van der Waals surface area (Å²) in [4.78, 5) is 4.89. The van der Waals surface area contributed by atoms with Crippen molar-refractivity contribution in [1.29, 1.82) is 0 Å². The first-order valence-corrected chi connectivity index (χ1v) is 8.53. The molecular formula is C20H24N2O. The van der Waals surface area contributed by atoms with Crippen LogP contribution < -0.4 is 4.90 Å². The first-order chi connectivity index (χ1) is 11.2. The fraction of sp³-hybridized carbons (Fsp3) is 0.400. The van der Waals surface area contributed by atoms with E-state index in [2.05, 4.69) is 34.1 Å². The Morgan fingerprint density at radius 2 is 1.65 bits per heavy atom. The Kier molecular flexibility index (Phi) is 3.63.